The van der Waals surface area contributed by atoms with E-state index in [1.807, 2.05) is 0 Å². The second-order valence-corrected chi connectivity index (χ2v) is 4.55. The zero-order chi connectivity index (χ0) is 6.81. The average molecular weight is 157 g/mol. The maximum Gasteiger partial charge on any atom is -0.000529 e. The van der Waals surface area contributed by atoms with Crippen LogP contribution in [-0.4, -0.2) is 24.6 Å². The Morgan fingerprint density at radius 2 is 2.10 bits per heavy atom. The molecule has 58 valence electrons. The normalized spacial score (nSPS) is 35.4. The van der Waals surface area contributed by atoms with Crippen LogP contribution in [0.1, 0.15) is 12.8 Å². The zero-order valence-corrected chi connectivity index (χ0v) is 7.12. The lowest BCUT2D eigenvalue weighted by Crippen LogP contribution is -2.47. The van der Waals surface area contributed by atoms with Crippen molar-refractivity contribution >= 4 is 11.8 Å². The molecule has 0 bridgehead atoms. The van der Waals surface area contributed by atoms with Crippen LogP contribution in [0.3, 0.4) is 0 Å². The maximum atomic E-state index is 3.35. The first kappa shape index (κ1) is 6.99. The molecule has 0 aromatic rings. The van der Waals surface area contributed by atoms with Gasteiger partial charge in [-0.25, -0.2) is 0 Å². The molecule has 1 nitrogen and oxygen atoms in total. The number of thioether (sulfide) groups is 1. The minimum Gasteiger partial charge on any atom is -0.316 e. The minimum absolute atomic E-state index is 1.03. The molecule has 2 aliphatic rings. The largest absolute Gasteiger partial charge is 0.316 e. The van der Waals surface area contributed by atoms with E-state index in [2.05, 4.69) is 17.1 Å². The summed E-state index contributed by atoms with van der Waals surface area (Å²) in [6.45, 7) is 2.59. The van der Waals surface area contributed by atoms with Crippen molar-refractivity contribution in [2.75, 3.05) is 24.6 Å². The highest BCUT2D eigenvalue weighted by Gasteiger charge is 2.27. The van der Waals surface area contributed by atoms with Gasteiger partial charge in [-0.3, -0.25) is 0 Å². The summed E-state index contributed by atoms with van der Waals surface area (Å²) in [4.78, 5) is 0. The first-order valence-corrected chi connectivity index (χ1v) is 5.41. The van der Waals surface area contributed by atoms with Gasteiger partial charge in [-0.1, -0.05) is 0 Å². The summed E-state index contributed by atoms with van der Waals surface area (Å²) in [5.74, 6) is 4.94. The Balaban J connectivity index is 1.78. The van der Waals surface area contributed by atoms with Crippen LogP contribution in [0.25, 0.3) is 0 Å². The van der Waals surface area contributed by atoms with E-state index in [-0.39, 0.29) is 0 Å². The van der Waals surface area contributed by atoms with E-state index in [0.717, 1.165) is 11.8 Å². The van der Waals surface area contributed by atoms with Crippen LogP contribution in [0.15, 0.2) is 0 Å². The van der Waals surface area contributed by atoms with Crippen molar-refractivity contribution in [1.29, 1.82) is 0 Å². The van der Waals surface area contributed by atoms with Crippen LogP contribution < -0.4 is 5.32 Å². The van der Waals surface area contributed by atoms with Gasteiger partial charge in [-0.2, -0.15) is 11.8 Å². The molecule has 1 unspecified atom stereocenters. The van der Waals surface area contributed by atoms with Crippen LogP contribution in [0.4, 0.5) is 0 Å². The lowest BCUT2D eigenvalue weighted by molar-refractivity contribution is 0.238. The summed E-state index contributed by atoms with van der Waals surface area (Å²) in [6, 6.07) is 0. The van der Waals surface area contributed by atoms with E-state index in [1.54, 1.807) is 0 Å². The Morgan fingerprint density at radius 3 is 2.60 bits per heavy atom. The molecule has 0 aliphatic carbocycles. The first-order valence-electron chi connectivity index (χ1n) is 4.25. The third-order valence-corrected chi connectivity index (χ3v) is 3.92. The molecular weight excluding hydrogens is 142 g/mol. The number of hydrogen-bond acceptors (Lipinski definition) is 2. The van der Waals surface area contributed by atoms with Crippen molar-refractivity contribution in [2.24, 2.45) is 11.8 Å². The van der Waals surface area contributed by atoms with Gasteiger partial charge in [0.15, 0.2) is 0 Å². The number of hydrogen-bond donors (Lipinski definition) is 1. The van der Waals surface area contributed by atoms with Gasteiger partial charge in [0.1, 0.15) is 0 Å². The number of rotatable bonds is 1. The van der Waals surface area contributed by atoms with E-state index in [0.29, 0.717) is 0 Å². The summed E-state index contributed by atoms with van der Waals surface area (Å²) in [7, 11) is 0. The second kappa shape index (κ2) is 3.14. The predicted molar refractivity (Wildman–Crippen MR) is 46.4 cm³/mol. The van der Waals surface area contributed by atoms with Crippen LogP contribution in [0.2, 0.25) is 0 Å². The molecule has 1 N–H and O–H groups in total. The van der Waals surface area contributed by atoms with Crippen molar-refractivity contribution in [3.05, 3.63) is 0 Å². The topological polar surface area (TPSA) is 12.0 Å². The van der Waals surface area contributed by atoms with Crippen LogP contribution in [-0.2, 0) is 0 Å². The van der Waals surface area contributed by atoms with E-state index in [1.165, 1.54) is 37.4 Å². The molecule has 2 saturated heterocycles. The third-order valence-electron chi connectivity index (χ3n) is 2.68. The lowest BCUT2D eigenvalue weighted by Gasteiger charge is -2.36. The van der Waals surface area contributed by atoms with Gasteiger partial charge in [0.05, 0.1) is 0 Å². The third kappa shape index (κ3) is 1.32. The Kier molecular flexibility index (Phi) is 2.19. The fourth-order valence-electron chi connectivity index (χ4n) is 1.78. The molecule has 2 aliphatic heterocycles. The molecule has 2 rings (SSSR count). The average Bonchev–Trinajstić information content (AvgIpc) is 1.86. The summed E-state index contributed by atoms with van der Waals surface area (Å²) in [6.07, 6.45) is 2.96. The lowest BCUT2D eigenvalue weighted by atomic mass is 9.85. The van der Waals surface area contributed by atoms with Gasteiger partial charge in [-0.05, 0) is 49.3 Å². The molecule has 0 amide bonds. The zero-order valence-electron chi connectivity index (χ0n) is 6.31. The van der Waals surface area contributed by atoms with Crippen LogP contribution in [0.5, 0.6) is 0 Å². The van der Waals surface area contributed by atoms with E-state index in [9.17, 15) is 0 Å². The van der Waals surface area contributed by atoms with Gasteiger partial charge in [-0.15, -0.1) is 0 Å². The van der Waals surface area contributed by atoms with Crippen LogP contribution >= 0.6 is 11.8 Å². The van der Waals surface area contributed by atoms with Gasteiger partial charge in [0, 0.05) is 0 Å². The molecule has 0 aromatic carbocycles. The maximum absolute atomic E-state index is 3.35. The molecule has 0 saturated carbocycles. The highest BCUT2D eigenvalue weighted by Crippen LogP contribution is 2.30. The van der Waals surface area contributed by atoms with E-state index >= 15 is 0 Å². The summed E-state index contributed by atoms with van der Waals surface area (Å²) >= 11 is 2.15. The van der Waals surface area contributed by atoms with Gasteiger partial charge in [0.2, 0.25) is 0 Å². The standard InChI is InChI=1S/C8H15NS/c1-2-7(6-10-3-1)8-4-9-5-8/h7-9H,1-6H2. The molecule has 2 heterocycles. The first-order chi connectivity index (χ1) is 4.97. The van der Waals surface area contributed by atoms with E-state index < -0.39 is 0 Å². The molecule has 10 heavy (non-hydrogen) atoms. The fraction of sp³-hybridized carbons (Fsp3) is 1.00. The molecule has 1 atom stereocenters. The van der Waals surface area contributed by atoms with Crippen molar-refractivity contribution in [3.63, 3.8) is 0 Å². The van der Waals surface area contributed by atoms with Crippen molar-refractivity contribution in [2.45, 2.75) is 12.8 Å². The van der Waals surface area contributed by atoms with Crippen LogP contribution in [0, 0.1) is 11.8 Å². The molecular formula is C8H15NS. The Labute approximate surface area is 67.0 Å². The van der Waals surface area contributed by atoms with Gasteiger partial charge in [0.25, 0.3) is 0 Å². The number of nitrogens with one attached hydrogen (secondary N) is 1. The quantitative estimate of drug-likeness (QED) is 0.616. The summed E-state index contributed by atoms with van der Waals surface area (Å²) in [5, 5.41) is 3.35. The predicted octanol–water partition coefficient (Wildman–Crippen LogP) is 1.35. The molecule has 2 fully saturated rings. The van der Waals surface area contributed by atoms with Gasteiger partial charge >= 0.3 is 0 Å². The Bertz CT molecular complexity index is 106. The second-order valence-electron chi connectivity index (χ2n) is 3.40. The summed E-state index contributed by atoms with van der Waals surface area (Å²) < 4.78 is 0. The molecule has 0 radical (unpaired) electrons. The van der Waals surface area contributed by atoms with Crippen molar-refractivity contribution in [3.8, 4) is 0 Å². The fourth-order valence-corrected chi connectivity index (χ4v) is 3.06. The molecule has 2 heteroatoms. The highest BCUT2D eigenvalue weighted by atomic mass is 32.2. The summed E-state index contributed by atoms with van der Waals surface area (Å²) in [5.41, 5.74) is 0. The highest BCUT2D eigenvalue weighted by molar-refractivity contribution is 7.99. The van der Waals surface area contributed by atoms with E-state index in [4.69, 9.17) is 0 Å². The SMILES string of the molecule is C1CSCC(C2CNC2)C1. The van der Waals surface area contributed by atoms with Gasteiger partial charge < -0.3 is 5.32 Å². The minimum atomic E-state index is 1.03. The van der Waals surface area contributed by atoms with Crippen molar-refractivity contribution < 1.29 is 0 Å². The Hall–Kier alpha value is 0.310. The molecule has 0 aromatic heterocycles. The van der Waals surface area contributed by atoms with Crippen molar-refractivity contribution in [1.82, 2.24) is 5.32 Å². The monoisotopic (exact) mass is 157 g/mol. The molecule has 0 spiro atoms. The smallest absolute Gasteiger partial charge is 0.000529 e. The Morgan fingerprint density at radius 1 is 1.20 bits per heavy atom.